The van der Waals surface area contributed by atoms with Gasteiger partial charge in [-0.3, -0.25) is 4.79 Å². The molecule has 1 aromatic rings. The molecule has 2 atom stereocenters. The van der Waals surface area contributed by atoms with Crippen LogP contribution < -0.4 is 0 Å². The number of thioether (sulfide) groups is 1. The Morgan fingerprint density at radius 1 is 1.64 bits per heavy atom. The summed E-state index contributed by atoms with van der Waals surface area (Å²) in [6, 6.07) is 0. The number of H-pyrrole nitrogens is 1. The Morgan fingerprint density at radius 2 is 2.36 bits per heavy atom. The van der Waals surface area contributed by atoms with Crippen molar-refractivity contribution in [1.29, 1.82) is 0 Å². The molecule has 4 nitrogen and oxygen atoms in total. The molecular formula is C9H14N2O2S. The van der Waals surface area contributed by atoms with Crippen molar-refractivity contribution in [3.8, 4) is 0 Å². The molecule has 0 aliphatic carbocycles. The fraction of sp³-hybridized carbons (Fsp3) is 0.556. The lowest BCUT2D eigenvalue weighted by molar-refractivity contribution is -0.144. The summed E-state index contributed by atoms with van der Waals surface area (Å²) >= 11 is 1.53. The van der Waals surface area contributed by atoms with E-state index in [1.54, 1.807) is 12.4 Å². The fourth-order valence-corrected chi connectivity index (χ4v) is 1.90. The first kappa shape index (κ1) is 11.1. The van der Waals surface area contributed by atoms with E-state index in [2.05, 4.69) is 14.7 Å². The van der Waals surface area contributed by atoms with E-state index >= 15 is 0 Å². The zero-order chi connectivity index (χ0) is 10.6. The number of aromatic amines is 1. The van der Waals surface area contributed by atoms with E-state index in [9.17, 15) is 4.79 Å². The Bertz CT molecular complexity index is 287. The van der Waals surface area contributed by atoms with Gasteiger partial charge in [-0.2, -0.15) is 0 Å². The summed E-state index contributed by atoms with van der Waals surface area (Å²) in [5, 5.41) is 0.974. The Kier molecular flexibility index (Phi) is 4.00. The molecule has 0 saturated heterocycles. The lowest BCUT2D eigenvalue weighted by Crippen LogP contribution is -2.22. The number of aromatic nitrogens is 2. The molecule has 0 fully saturated rings. The first-order valence-corrected chi connectivity index (χ1v) is 5.27. The van der Waals surface area contributed by atoms with Gasteiger partial charge in [0, 0.05) is 17.6 Å². The van der Waals surface area contributed by atoms with Crippen molar-refractivity contribution in [2.24, 2.45) is 5.92 Å². The van der Waals surface area contributed by atoms with Crippen LogP contribution in [0.15, 0.2) is 17.6 Å². The maximum Gasteiger partial charge on any atom is 0.309 e. The van der Waals surface area contributed by atoms with Gasteiger partial charge < -0.3 is 9.72 Å². The highest BCUT2D eigenvalue weighted by atomic mass is 32.2. The van der Waals surface area contributed by atoms with E-state index in [4.69, 9.17) is 0 Å². The average molecular weight is 214 g/mol. The number of nitrogens with one attached hydrogen (secondary N) is 1. The largest absolute Gasteiger partial charge is 0.469 e. The zero-order valence-corrected chi connectivity index (χ0v) is 9.30. The summed E-state index contributed by atoms with van der Waals surface area (Å²) in [6.07, 6.45) is 3.45. The van der Waals surface area contributed by atoms with Crippen LogP contribution in [-0.2, 0) is 9.53 Å². The number of ether oxygens (including phenoxy) is 1. The van der Waals surface area contributed by atoms with E-state index in [-0.39, 0.29) is 17.1 Å². The Labute approximate surface area is 87.4 Å². The second-order valence-corrected chi connectivity index (χ2v) is 4.40. The van der Waals surface area contributed by atoms with Gasteiger partial charge in [0.25, 0.3) is 0 Å². The minimum absolute atomic E-state index is 0.130. The van der Waals surface area contributed by atoms with Crippen molar-refractivity contribution in [3.63, 3.8) is 0 Å². The first-order valence-electron chi connectivity index (χ1n) is 4.39. The Hall–Kier alpha value is -0.970. The molecule has 0 aliphatic rings. The van der Waals surface area contributed by atoms with Crippen molar-refractivity contribution in [2.45, 2.75) is 24.3 Å². The molecule has 5 heteroatoms. The molecular weight excluding hydrogens is 200 g/mol. The summed E-state index contributed by atoms with van der Waals surface area (Å²) in [4.78, 5) is 18.3. The van der Waals surface area contributed by atoms with Gasteiger partial charge in [-0.25, -0.2) is 4.98 Å². The molecule has 14 heavy (non-hydrogen) atoms. The van der Waals surface area contributed by atoms with Crippen LogP contribution in [0.3, 0.4) is 0 Å². The Morgan fingerprint density at radius 3 is 2.86 bits per heavy atom. The quantitative estimate of drug-likeness (QED) is 0.612. The van der Waals surface area contributed by atoms with Crippen LogP contribution in [0.1, 0.15) is 13.8 Å². The molecule has 1 aromatic heterocycles. The van der Waals surface area contributed by atoms with Gasteiger partial charge in [0.2, 0.25) is 0 Å². The first-order chi connectivity index (χ1) is 6.65. The van der Waals surface area contributed by atoms with Gasteiger partial charge in [-0.15, -0.1) is 0 Å². The van der Waals surface area contributed by atoms with Crippen LogP contribution in [0.4, 0.5) is 0 Å². The molecule has 0 bridgehead atoms. The van der Waals surface area contributed by atoms with Crippen molar-refractivity contribution >= 4 is 17.7 Å². The normalized spacial score (nSPS) is 14.8. The van der Waals surface area contributed by atoms with E-state index in [1.807, 2.05) is 13.8 Å². The van der Waals surface area contributed by atoms with Crippen LogP contribution >= 0.6 is 11.8 Å². The molecule has 0 aromatic carbocycles. The van der Waals surface area contributed by atoms with Crippen LogP contribution in [0.25, 0.3) is 0 Å². The van der Waals surface area contributed by atoms with Crippen molar-refractivity contribution in [1.82, 2.24) is 9.97 Å². The monoisotopic (exact) mass is 214 g/mol. The zero-order valence-electron chi connectivity index (χ0n) is 8.48. The summed E-state index contributed by atoms with van der Waals surface area (Å²) in [6.45, 7) is 3.83. The summed E-state index contributed by atoms with van der Waals surface area (Å²) in [7, 11) is 1.41. The van der Waals surface area contributed by atoms with Gasteiger partial charge in [0.05, 0.1) is 13.0 Å². The number of imidazole rings is 1. The number of nitrogens with zero attached hydrogens (tertiary/aromatic N) is 1. The van der Waals surface area contributed by atoms with Crippen molar-refractivity contribution < 1.29 is 9.53 Å². The van der Waals surface area contributed by atoms with Gasteiger partial charge in [-0.1, -0.05) is 25.6 Å². The van der Waals surface area contributed by atoms with Gasteiger partial charge in [0.15, 0.2) is 5.16 Å². The maximum atomic E-state index is 11.2. The summed E-state index contributed by atoms with van der Waals surface area (Å²) in [5.74, 6) is -0.313. The van der Waals surface area contributed by atoms with E-state index in [0.29, 0.717) is 0 Å². The van der Waals surface area contributed by atoms with E-state index in [0.717, 1.165) is 5.16 Å². The topological polar surface area (TPSA) is 55.0 Å². The van der Waals surface area contributed by atoms with E-state index in [1.165, 1.54) is 18.9 Å². The minimum Gasteiger partial charge on any atom is -0.469 e. The summed E-state index contributed by atoms with van der Waals surface area (Å²) < 4.78 is 4.67. The molecule has 0 radical (unpaired) electrons. The third-order valence-corrected chi connectivity index (χ3v) is 3.27. The number of carbonyl (C=O) groups is 1. The number of rotatable bonds is 4. The molecule has 1 heterocycles. The third-order valence-electron chi connectivity index (χ3n) is 2.05. The predicted molar refractivity (Wildman–Crippen MR) is 55.1 cm³/mol. The lowest BCUT2D eigenvalue weighted by atomic mass is 10.1. The Balaban J connectivity index is 2.49. The molecule has 0 aliphatic heterocycles. The maximum absolute atomic E-state index is 11.2. The minimum atomic E-state index is -0.184. The third kappa shape index (κ3) is 2.77. The molecule has 1 rings (SSSR count). The van der Waals surface area contributed by atoms with E-state index < -0.39 is 0 Å². The highest BCUT2D eigenvalue weighted by Crippen LogP contribution is 2.25. The lowest BCUT2D eigenvalue weighted by Gasteiger charge is -2.15. The molecule has 2 unspecified atom stereocenters. The molecule has 0 amide bonds. The smallest absolute Gasteiger partial charge is 0.309 e. The molecule has 0 saturated carbocycles. The average Bonchev–Trinajstić information content (AvgIpc) is 2.68. The molecule has 0 spiro atoms. The van der Waals surface area contributed by atoms with Gasteiger partial charge in [0.1, 0.15) is 0 Å². The van der Waals surface area contributed by atoms with Crippen LogP contribution in [-0.4, -0.2) is 28.3 Å². The van der Waals surface area contributed by atoms with Gasteiger partial charge in [-0.05, 0) is 0 Å². The predicted octanol–water partition coefficient (Wildman–Crippen LogP) is 1.70. The highest BCUT2D eigenvalue weighted by Gasteiger charge is 2.22. The number of esters is 1. The highest BCUT2D eigenvalue weighted by molar-refractivity contribution is 7.99. The van der Waals surface area contributed by atoms with Crippen molar-refractivity contribution in [2.75, 3.05) is 7.11 Å². The van der Waals surface area contributed by atoms with Crippen molar-refractivity contribution in [3.05, 3.63) is 12.4 Å². The van der Waals surface area contributed by atoms with Crippen LogP contribution in [0.5, 0.6) is 0 Å². The number of methoxy groups -OCH3 is 1. The molecule has 1 N–H and O–H groups in total. The standard InChI is InChI=1S/C9H14N2O2S/c1-6(8(12)13-3)7(2)14-9-10-4-5-11-9/h4-7H,1-3H3,(H,10,11). The van der Waals surface area contributed by atoms with Gasteiger partial charge >= 0.3 is 5.97 Å². The number of hydrogen-bond donors (Lipinski definition) is 1. The fourth-order valence-electron chi connectivity index (χ4n) is 0.971. The SMILES string of the molecule is COC(=O)C(C)C(C)Sc1ncc[nH]1. The number of hydrogen-bond acceptors (Lipinski definition) is 4. The summed E-state index contributed by atoms with van der Waals surface area (Å²) in [5.41, 5.74) is 0. The second kappa shape index (κ2) is 5.05. The van der Waals surface area contributed by atoms with Crippen LogP contribution in [0, 0.1) is 5.92 Å². The van der Waals surface area contributed by atoms with Crippen LogP contribution in [0.2, 0.25) is 0 Å². The second-order valence-electron chi connectivity index (χ2n) is 3.03. The number of carbonyl (C=O) groups excluding carboxylic acids is 1. The molecule has 78 valence electrons.